The summed E-state index contributed by atoms with van der Waals surface area (Å²) >= 11 is 5.74. The Hall–Kier alpha value is -1.03. The number of methoxy groups -OCH3 is 1. The van der Waals surface area contributed by atoms with Gasteiger partial charge in [0.15, 0.2) is 11.0 Å². The molecule has 66 valence electrons. The molecule has 0 fully saturated rings. The first-order valence-electron chi connectivity index (χ1n) is 3.58. The normalized spacial score (nSPS) is 9.58. The average molecular weight is 188 g/mol. The number of hydrogen-bond acceptors (Lipinski definition) is 4. The van der Waals surface area contributed by atoms with E-state index in [1.165, 1.54) is 13.3 Å². The first-order chi connectivity index (χ1) is 5.77. The Morgan fingerprint density at radius 2 is 2.42 bits per heavy atom. The minimum atomic E-state index is 0.359. The summed E-state index contributed by atoms with van der Waals surface area (Å²) in [6.07, 6.45) is 1.48. The van der Waals surface area contributed by atoms with Crippen LogP contribution in [0.1, 0.15) is 6.92 Å². The number of nitrogens with zero attached hydrogens (tertiary/aromatic N) is 2. The molecule has 4 nitrogen and oxygen atoms in total. The lowest BCUT2D eigenvalue weighted by Gasteiger charge is -2.04. The van der Waals surface area contributed by atoms with E-state index in [4.69, 9.17) is 16.3 Å². The molecule has 0 aromatic carbocycles. The summed E-state index contributed by atoms with van der Waals surface area (Å²) in [7, 11) is 1.54. The molecule has 0 radical (unpaired) electrons. The number of rotatable bonds is 3. The van der Waals surface area contributed by atoms with Gasteiger partial charge in [-0.05, 0) is 6.92 Å². The molecule has 1 rings (SSSR count). The number of nitrogens with one attached hydrogen (secondary N) is 1. The summed E-state index contributed by atoms with van der Waals surface area (Å²) in [6.45, 7) is 2.71. The molecule has 1 heterocycles. The van der Waals surface area contributed by atoms with Crippen LogP contribution in [0.4, 0.5) is 5.82 Å². The van der Waals surface area contributed by atoms with Gasteiger partial charge in [0.1, 0.15) is 0 Å². The Balaban J connectivity index is 2.91. The third-order valence-electron chi connectivity index (χ3n) is 1.26. The highest BCUT2D eigenvalue weighted by Gasteiger charge is 2.03. The molecule has 0 aliphatic heterocycles. The molecule has 5 heteroatoms. The smallest absolute Gasteiger partial charge is 0.234 e. The maximum atomic E-state index is 5.74. The lowest BCUT2D eigenvalue weighted by molar-refractivity contribution is 0.396. The predicted octanol–water partition coefficient (Wildman–Crippen LogP) is 1.57. The Bertz CT molecular complexity index is 267. The van der Waals surface area contributed by atoms with Gasteiger partial charge >= 0.3 is 0 Å². The van der Waals surface area contributed by atoms with Crippen LogP contribution in [0, 0.1) is 0 Å². The van der Waals surface area contributed by atoms with Crippen molar-refractivity contribution in [1.82, 2.24) is 9.97 Å². The first kappa shape index (κ1) is 9.06. The van der Waals surface area contributed by atoms with Gasteiger partial charge in [-0.3, -0.25) is 0 Å². The van der Waals surface area contributed by atoms with Gasteiger partial charge < -0.3 is 10.1 Å². The van der Waals surface area contributed by atoms with E-state index >= 15 is 0 Å². The van der Waals surface area contributed by atoms with Crippen molar-refractivity contribution in [3.05, 3.63) is 11.3 Å². The topological polar surface area (TPSA) is 47.0 Å². The Labute approximate surface area is 75.9 Å². The number of anilines is 1. The van der Waals surface area contributed by atoms with Gasteiger partial charge in [0.25, 0.3) is 0 Å². The Kier molecular flexibility index (Phi) is 3.10. The van der Waals surface area contributed by atoms with E-state index in [-0.39, 0.29) is 0 Å². The van der Waals surface area contributed by atoms with Crippen molar-refractivity contribution in [2.45, 2.75) is 6.92 Å². The van der Waals surface area contributed by atoms with Crippen LogP contribution in [0.2, 0.25) is 5.15 Å². The molecule has 0 spiro atoms. The van der Waals surface area contributed by atoms with Crippen molar-refractivity contribution < 1.29 is 4.74 Å². The van der Waals surface area contributed by atoms with Crippen molar-refractivity contribution in [3.63, 3.8) is 0 Å². The number of hydrogen-bond donors (Lipinski definition) is 1. The third-order valence-corrected chi connectivity index (χ3v) is 1.54. The molecule has 0 amide bonds. The lowest BCUT2D eigenvalue weighted by Crippen LogP contribution is -2.02. The van der Waals surface area contributed by atoms with E-state index < -0.39 is 0 Å². The molecular formula is C7H10ClN3O. The van der Waals surface area contributed by atoms with Crippen LogP contribution < -0.4 is 10.1 Å². The van der Waals surface area contributed by atoms with Crippen molar-refractivity contribution in [3.8, 4) is 5.88 Å². The number of aromatic nitrogens is 2. The van der Waals surface area contributed by atoms with E-state index in [9.17, 15) is 0 Å². The van der Waals surface area contributed by atoms with E-state index in [0.717, 1.165) is 6.54 Å². The molecule has 1 aromatic heterocycles. The minimum Gasteiger partial charge on any atom is -0.480 e. The molecule has 1 aromatic rings. The fourth-order valence-corrected chi connectivity index (χ4v) is 0.894. The molecule has 0 aliphatic carbocycles. The molecule has 0 saturated heterocycles. The van der Waals surface area contributed by atoms with Crippen LogP contribution in [0.25, 0.3) is 0 Å². The number of ether oxygens (including phenoxy) is 1. The fraction of sp³-hybridized carbons (Fsp3) is 0.429. The second-order valence-electron chi connectivity index (χ2n) is 2.08. The van der Waals surface area contributed by atoms with E-state index in [0.29, 0.717) is 16.9 Å². The van der Waals surface area contributed by atoms with E-state index in [1.807, 2.05) is 6.92 Å². The zero-order chi connectivity index (χ0) is 8.97. The van der Waals surface area contributed by atoms with Gasteiger partial charge in [-0.25, -0.2) is 4.98 Å². The highest BCUT2D eigenvalue weighted by atomic mass is 35.5. The minimum absolute atomic E-state index is 0.359. The van der Waals surface area contributed by atoms with Crippen LogP contribution in [-0.4, -0.2) is 23.6 Å². The average Bonchev–Trinajstić information content (AvgIpc) is 2.09. The van der Waals surface area contributed by atoms with Crippen LogP contribution in [0.15, 0.2) is 6.20 Å². The van der Waals surface area contributed by atoms with Gasteiger partial charge in [0, 0.05) is 6.54 Å². The molecule has 12 heavy (non-hydrogen) atoms. The van der Waals surface area contributed by atoms with Crippen LogP contribution in [0.5, 0.6) is 5.88 Å². The second-order valence-corrected chi connectivity index (χ2v) is 2.44. The van der Waals surface area contributed by atoms with Gasteiger partial charge in [0.05, 0.1) is 13.3 Å². The summed E-state index contributed by atoms with van der Waals surface area (Å²) in [6, 6.07) is 0. The summed E-state index contributed by atoms with van der Waals surface area (Å²) in [5.41, 5.74) is 0. The van der Waals surface area contributed by atoms with E-state index in [2.05, 4.69) is 15.3 Å². The summed E-state index contributed by atoms with van der Waals surface area (Å²) in [5, 5.41) is 3.32. The summed E-state index contributed by atoms with van der Waals surface area (Å²) < 4.78 is 4.88. The largest absolute Gasteiger partial charge is 0.480 e. The van der Waals surface area contributed by atoms with Crippen LogP contribution in [-0.2, 0) is 0 Å². The zero-order valence-corrected chi connectivity index (χ0v) is 7.72. The maximum absolute atomic E-state index is 5.74. The lowest BCUT2D eigenvalue weighted by atomic mass is 10.6. The molecule has 0 saturated carbocycles. The van der Waals surface area contributed by atoms with Crippen molar-refractivity contribution in [2.24, 2.45) is 0 Å². The van der Waals surface area contributed by atoms with Crippen LogP contribution in [0.3, 0.4) is 0 Å². The Morgan fingerprint density at radius 1 is 1.67 bits per heavy atom. The second kappa shape index (κ2) is 4.11. The Morgan fingerprint density at radius 3 is 3.00 bits per heavy atom. The highest BCUT2D eigenvalue weighted by Crippen LogP contribution is 2.18. The standard InChI is InChI=1S/C7H10ClN3O/c1-3-9-7-6(8)10-4-5(11-7)12-2/h4H,3H2,1-2H3,(H,9,11). The molecule has 0 atom stereocenters. The van der Waals surface area contributed by atoms with Crippen molar-refractivity contribution in [1.29, 1.82) is 0 Å². The van der Waals surface area contributed by atoms with Gasteiger partial charge in [0.2, 0.25) is 5.88 Å². The number of halogens is 1. The SMILES string of the molecule is CCNc1nc(OC)cnc1Cl. The molecule has 1 N–H and O–H groups in total. The van der Waals surface area contributed by atoms with Crippen molar-refractivity contribution in [2.75, 3.05) is 19.0 Å². The first-order valence-corrected chi connectivity index (χ1v) is 3.96. The third kappa shape index (κ3) is 1.98. The summed E-state index contributed by atoms with van der Waals surface area (Å²) in [4.78, 5) is 7.94. The highest BCUT2D eigenvalue weighted by molar-refractivity contribution is 6.31. The van der Waals surface area contributed by atoms with Gasteiger partial charge in [-0.2, -0.15) is 4.98 Å². The molecule has 0 bridgehead atoms. The molecular weight excluding hydrogens is 178 g/mol. The monoisotopic (exact) mass is 187 g/mol. The fourth-order valence-electron chi connectivity index (χ4n) is 0.736. The molecule has 0 unspecified atom stereocenters. The maximum Gasteiger partial charge on any atom is 0.234 e. The van der Waals surface area contributed by atoms with E-state index in [1.54, 1.807) is 0 Å². The van der Waals surface area contributed by atoms with Gasteiger partial charge in [-0.15, -0.1) is 0 Å². The zero-order valence-electron chi connectivity index (χ0n) is 6.97. The summed E-state index contributed by atoms with van der Waals surface area (Å²) in [5.74, 6) is 1.01. The van der Waals surface area contributed by atoms with Crippen molar-refractivity contribution >= 4 is 17.4 Å². The molecule has 0 aliphatic rings. The van der Waals surface area contributed by atoms with Crippen LogP contribution >= 0.6 is 11.6 Å². The predicted molar refractivity (Wildman–Crippen MR) is 47.8 cm³/mol. The van der Waals surface area contributed by atoms with Gasteiger partial charge in [-0.1, -0.05) is 11.6 Å². The quantitative estimate of drug-likeness (QED) is 0.781.